The van der Waals surface area contributed by atoms with Gasteiger partial charge >= 0.3 is 0 Å². The molecule has 0 heterocycles. The highest BCUT2D eigenvalue weighted by Gasteiger charge is 2.04. The van der Waals surface area contributed by atoms with Crippen LogP contribution in [0, 0.1) is 0 Å². The Kier molecular flexibility index (Phi) is 7.56. The lowest BCUT2D eigenvalue weighted by Crippen LogP contribution is -2.36. The van der Waals surface area contributed by atoms with E-state index in [9.17, 15) is 4.79 Å². The second-order valence-electron chi connectivity index (χ2n) is 5.42. The topological polar surface area (TPSA) is 88.7 Å². The summed E-state index contributed by atoms with van der Waals surface area (Å²) in [5.41, 5.74) is 6.97. The van der Waals surface area contributed by atoms with Crippen LogP contribution in [0.15, 0.2) is 47.5 Å². The maximum Gasteiger partial charge on any atom is 0.255 e. The molecule has 0 saturated carbocycles. The molecule has 0 aliphatic carbocycles. The first-order valence-corrected chi connectivity index (χ1v) is 8.62. The van der Waals surface area contributed by atoms with Crippen LogP contribution in [-0.2, 0) is 17.9 Å². The number of rotatable bonds is 7. The monoisotopic (exact) mass is 394 g/mol. The van der Waals surface area contributed by atoms with Crippen molar-refractivity contribution < 1.29 is 9.53 Å². The first-order chi connectivity index (χ1) is 12.5. The van der Waals surface area contributed by atoms with Gasteiger partial charge in [0.1, 0.15) is 5.75 Å². The third-order valence-corrected chi connectivity index (χ3v) is 4.01. The summed E-state index contributed by atoms with van der Waals surface area (Å²) in [7, 11) is 1.69. The summed E-state index contributed by atoms with van der Waals surface area (Å²) in [6.07, 6.45) is 0. The number of benzene rings is 2. The fourth-order valence-electron chi connectivity index (χ4n) is 2.15. The largest absolute Gasteiger partial charge is 0.484 e. The number of nitrogens with two attached hydrogens (primary N) is 1. The number of aliphatic imine (C=N–C) groups is 1. The highest BCUT2D eigenvalue weighted by atomic mass is 35.5. The number of nitrogens with one attached hydrogen (secondary N) is 2. The number of carbonyl (C=O) groups excluding carboxylic acids is 1. The van der Waals surface area contributed by atoms with Crippen molar-refractivity contribution in [2.75, 3.05) is 13.7 Å². The van der Waals surface area contributed by atoms with Crippen LogP contribution in [0.25, 0.3) is 0 Å². The van der Waals surface area contributed by atoms with Crippen LogP contribution in [0.4, 0.5) is 0 Å². The van der Waals surface area contributed by atoms with Gasteiger partial charge in [-0.25, -0.2) is 0 Å². The Morgan fingerprint density at radius 2 is 1.92 bits per heavy atom. The molecule has 0 atom stereocenters. The quantitative estimate of drug-likeness (QED) is 0.497. The summed E-state index contributed by atoms with van der Waals surface area (Å²) < 4.78 is 5.30. The Hall–Kier alpha value is -2.44. The molecule has 0 aliphatic rings. The molecular formula is C18H20Cl2N4O2. The average Bonchev–Trinajstić information content (AvgIpc) is 2.62. The van der Waals surface area contributed by atoms with E-state index in [4.69, 9.17) is 33.7 Å². The molecule has 2 aromatic rings. The summed E-state index contributed by atoms with van der Waals surface area (Å²) in [5, 5.41) is 7.59. The van der Waals surface area contributed by atoms with Crippen LogP contribution in [0.3, 0.4) is 0 Å². The third kappa shape index (κ3) is 6.46. The molecule has 2 rings (SSSR count). The molecule has 4 N–H and O–H groups in total. The lowest BCUT2D eigenvalue weighted by molar-refractivity contribution is -0.119. The Morgan fingerprint density at radius 1 is 1.15 bits per heavy atom. The number of amides is 1. The van der Waals surface area contributed by atoms with Crippen molar-refractivity contribution >= 4 is 35.1 Å². The summed E-state index contributed by atoms with van der Waals surface area (Å²) in [5.74, 6) is 0.692. The number of nitrogens with zero attached hydrogens (tertiary/aromatic N) is 1. The molecule has 0 unspecified atom stereocenters. The molecule has 8 heteroatoms. The number of halogens is 2. The fraction of sp³-hybridized carbons (Fsp3) is 0.222. The van der Waals surface area contributed by atoms with Gasteiger partial charge in [-0.15, -0.1) is 0 Å². The van der Waals surface area contributed by atoms with Crippen molar-refractivity contribution in [2.45, 2.75) is 13.1 Å². The smallest absolute Gasteiger partial charge is 0.255 e. The van der Waals surface area contributed by atoms with Crippen LogP contribution in [0.2, 0.25) is 10.0 Å². The van der Waals surface area contributed by atoms with Crippen LogP contribution >= 0.6 is 23.2 Å². The van der Waals surface area contributed by atoms with E-state index in [1.54, 1.807) is 25.2 Å². The summed E-state index contributed by atoms with van der Waals surface area (Å²) in [6, 6.07) is 12.7. The van der Waals surface area contributed by atoms with Crippen molar-refractivity contribution in [3.8, 4) is 5.75 Å². The van der Waals surface area contributed by atoms with Crippen molar-refractivity contribution in [1.29, 1.82) is 0 Å². The predicted molar refractivity (Wildman–Crippen MR) is 105 cm³/mol. The Bertz CT molecular complexity index is 797. The lowest BCUT2D eigenvalue weighted by atomic mass is 10.2. The van der Waals surface area contributed by atoms with Crippen molar-refractivity contribution in [3.63, 3.8) is 0 Å². The molecule has 138 valence electrons. The van der Waals surface area contributed by atoms with Gasteiger partial charge in [-0.05, 0) is 35.4 Å². The van der Waals surface area contributed by atoms with E-state index in [-0.39, 0.29) is 6.61 Å². The van der Waals surface area contributed by atoms with Gasteiger partial charge in [0.15, 0.2) is 12.6 Å². The standard InChI is InChI=1S/C18H20Cl2N4O2/c1-22-18(24-10-13-5-6-14(19)8-16(13)20)23-9-12-3-2-4-15(7-12)26-11-17(21)25/h2-8H,9-11H2,1H3,(H2,21,25)(H2,22,23,24). The Balaban J connectivity index is 1.88. The van der Waals surface area contributed by atoms with E-state index >= 15 is 0 Å². The van der Waals surface area contributed by atoms with E-state index in [1.165, 1.54) is 0 Å². The number of hydrogen-bond acceptors (Lipinski definition) is 3. The molecule has 0 aromatic heterocycles. The minimum absolute atomic E-state index is 0.151. The van der Waals surface area contributed by atoms with Crippen LogP contribution in [-0.4, -0.2) is 25.5 Å². The first kappa shape index (κ1) is 19.9. The molecule has 0 bridgehead atoms. The minimum Gasteiger partial charge on any atom is -0.484 e. The van der Waals surface area contributed by atoms with Gasteiger partial charge in [-0.3, -0.25) is 9.79 Å². The highest BCUT2D eigenvalue weighted by molar-refractivity contribution is 6.35. The van der Waals surface area contributed by atoms with E-state index < -0.39 is 5.91 Å². The Labute approximate surface area is 162 Å². The predicted octanol–water partition coefficient (Wildman–Crippen LogP) is 2.72. The molecule has 26 heavy (non-hydrogen) atoms. The molecule has 2 aromatic carbocycles. The zero-order valence-corrected chi connectivity index (χ0v) is 15.8. The van der Waals surface area contributed by atoms with Gasteiger partial charge < -0.3 is 21.1 Å². The summed E-state index contributed by atoms with van der Waals surface area (Å²) in [6.45, 7) is 0.890. The average molecular weight is 395 g/mol. The second-order valence-corrected chi connectivity index (χ2v) is 6.26. The second kappa shape index (κ2) is 9.89. The molecule has 0 radical (unpaired) electrons. The maximum atomic E-state index is 10.8. The lowest BCUT2D eigenvalue weighted by Gasteiger charge is -2.13. The fourth-order valence-corrected chi connectivity index (χ4v) is 2.63. The van der Waals surface area contributed by atoms with Gasteiger partial charge in [0.25, 0.3) is 5.91 Å². The number of carbonyl (C=O) groups is 1. The van der Waals surface area contributed by atoms with Crippen molar-refractivity contribution in [3.05, 3.63) is 63.6 Å². The number of hydrogen-bond donors (Lipinski definition) is 3. The van der Waals surface area contributed by atoms with Gasteiger partial charge in [0.2, 0.25) is 0 Å². The third-order valence-electron chi connectivity index (χ3n) is 3.42. The molecule has 0 saturated heterocycles. The van der Waals surface area contributed by atoms with Crippen LogP contribution in [0.1, 0.15) is 11.1 Å². The van der Waals surface area contributed by atoms with E-state index in [0.717, 1.165) is 11.1 Å². The molecular weight excluding hydrogens is 375 g/mol. The van der Waals surface area contributed by atoms with Gasteiger partial charge in [0.05, 0.1) is 0 Å². The first-order valence-electron chi connectivity index (χ1n) is 7.86. The number of ether oxygens (including phenoxy) is 1. The van der Waals surface area contributed by atoms with Crippen molar-refractivity contribution in [2.24, 2.45) is 10.7 Å². The zero-order chi connectivity index (χ0) is 18.9. The normalized spacial score (nSPS) is 11.1. The molecule has 0 aliphatic heterocycles. The Morgan fingerprint density at radius 3 is 2.62 bits per heavy atom. The van der Waals surface area contributed by atoms with E-state index in [1.807, 2.05) is 24.3 Å². The molecule has 0 spiro atoms. The molecule has 6 nitrogen and oxygen atoms in total. The van der Waals surface area contributed by atoms with Crippen molar-refractivity contribution in [1.82, 2.24) is 10.6 Å². The molecule has 1 amide bonds. The minimum atomic E-state index is -0.515. The SMILES string of the molecule is CN=C(NCc1cccc(OCC(N)=O)c1)NCc1ccc(Cl)cc1Cl. The number of guanidine groups is 1. The zero-order valence-electron chi connectivity index (χ0n) is 14.3. The summed E-state index contributed by atoms with van der Waals surface area (Å²) >= 11 is 12.1. The number of primary amides is 1. The maximum absolute atomic E-state index is 10.8. The summed E-state index contributed by atoms with van der Waals surface area (Å²) in [4.78, 5) is 15.0. The van der Waals surface area contributed by atoms with E-state index in [2.05, 4.69) is 15.6 Å². The molecule has 0 fully saturated rings. The van der Waals surface area contributed by atoms with Crippen LogP contribution in [0.5, 0.6) is 5.75 Å². The van der Waals surface area contributed by atoms with Gasteiger partial charge in [0, 0.05) is 30.2 Å². The van der Waals surface area contributed by atoms with Crippen LogP contribution < -0.4 is 21.1 Å². The van der Waals surface area contributed by atoms with E-state index in [0.29, 0.717) is 34.8 Å². The van der Waals surface area contributed by atoms with Gasteiger partial charge in [-0.2, -0.15) is 0 Å². The van der Waals surface area contributed by atoms with Gasteiger partial charge in [-0.1, -0.05) is 41.4 Å². The highest BCUT2D eigenvalue weighted by Crippen LogP contribution is 2.20.